The zero-order valence-corrected chi connectivity index (χ0v) is 12.6. The van der Waals surface area contributed by atoms with Crippen molar-refractivity contribution in [3.8, 4) is 22.2 Å². The summed E-state index contributed by atoms with van der Waals surface area (Å²) < 4.78 is 6.22. The third kappa shape index (κ3) is 2.39. The predicted octanol–water partition coefficient (Wildman–Crippen LogP) is 4.46. The second-order valence-corrected chi connectivity index (χ2v) is 5.99. The summed E-state index contributed by atoms with van der Waals surface area (Å²) in [6.07, 6.45) is 0. The van der Waals surface area contributed by atoms with Crippen LogP contribution in [0.25, 0.3) is 22.2 Å². The van der Waals surface area contributed by atoms with Gasteiger partial charge in [0.2, 0.25) is 5.82 Å². The van der Waals surface area contributed by atoms with E-state index in [1.165, 1.54) is 11.3 Å². The summed E-state index contributed by atoms with van der Waals surface area (Å²) in [5, 5.41) is 6.39. The van der Waals surface area contributed by atoms with E-state index in [2.05, 4.69) is 26.1 Å². The van der Waals surface area contributed by atoms with Gasteiger partial charge in [-0.25, -0.2) is 0 Å². The maximum atomic E-state index is 6.11. The number of nitrogen functional groups attached to an aromatic ring is 1. The maximum absolute atomic E-state index is 6.11. The van der Waals surface area contributed by atoms with Gasteiger partial charge in [0.15, 0.2) is 0 Å². The van der Waals surface area contributed by atoms with Crippen molar-refractivity contribution in [1.29, 1.82) is 0 Å². The average Bonchev–Trinajstić information content (AvgIpc) is 2.98. The van der Waals surface area contributed by atoms with Gasteiger partial charge in [0.1, 0.15) is 0 Å². The summed E-state index contributed by atoms with van der Waals surface area (Å²) in [5.41, 5.74) is 6.97. The Labute approximate surface area is 126 Å². The van der Waals surface area contributed by atoms with Crippen LogP contribution in [0, 0.1) is 0 Å². The average molecular weight is 357 g/mol. The van der Waals surface area contributed by atoms with Crippen LogP contribution in [0.3, 0.4) is 0 Å². The van der Waals surface area contributed by atoms with E-state index in [1.54, 1.807) is 18.2 Å². The second-order valence-electron chi connectivity index (χ2n) is 3.76. The van der Waals surface area contributed by atoms with Gasteiger partial charge in [0.05, 0.1) is 15.5 Å². The first-order chi connectivity index (χ1) is 9.15. The summed E-state index contributed by atoms with van der Waals surface area (Å²) in [4.78, 5) is 5.24. The molecule has 0 aliphatic carbocycles. The van der Waals surface area contributed by atoms with Crippen LogP contribution in [0.5, 0.6) is 0 Å². The van der Waals surface area contributed by atoms with Crippen LogP contribution >= 0.6 is 38.9 Å². The van der Waals surface area contributed by atoms with Crippen LogP contribution in [0.4, 0.5) is 5.69 Å². The molecule has 0 bridgehead atoms. The van der Waals surface area contributed by atoms with Gasteiger partial charge in [0.25, 0.3) is 5.89 Å². The van der Waals surface area contributed by atoms with Gasteiger partial charge in [-0.1, -0.05) is 22.8 Å². The summed E-state index contributed by atoms with van der Waals surface area (Å²) in [6, 6.07) is 7.18. The summed E-state index contributed by atoms with van der Waals surface area (Å²) in [7, 11) is 0. The quantitative estimate of drug-likeness (QED) is 0.688. The lowest BCUT2D eigenvalue weighted by molar-refractivity contribution is 0.432. The first kappa shape index (κ1) is 12.7. The Morgan fingerprint density at radius 3 is 2.89 bits per heavy atom. The number of aromatic nitrogens is 2. The number of benzene rings is 1. The number of nitrogens with zero attached hydrogens (tertiary/aromatic N) is 2. The zero-order chi connectivity index (χ0) is 13.4. The molecular formula is C12H7BrClN3OS. The third-order valence-corrected chi connectivity index (χ3v) is 4.48. The van der Waals surface area contributed by atoms with E-state index in [4.69, 9.17) is 21.9 Å². The number of halogens is 2. The van der Waals surface area contributed by atoms with Crippen molar-refractivity contribution in [3.05, 3.63) is 39.1 Å². The Morgan fingerprint density at radius 1 is 1.37 bits per heavy atom. The van der Waals surface area contributed by atoms with Crippen LogP contribution < -0.4 is 5.73 Å². The minimum Gasteiger partial charge on any atom is -0.398 e. The molecule has 0 spiro atoms. The van der Waals surface area contributed by atoms with E-state index in [-0.39, 0.29) is 0 Å². The molecule has 0 saturated carbocycles. The largest absolute Gasteiger partial charge is 0.398 e. The smallest absolute Gasteiger partial charge is 0.261 e. The molecule has 19 heavy (non-hydrogen) atoms. The Balaban J connectivity index is 2.06. The Kier molecular flexibility index (Phi) is 3.30. The maximum Gasteiger partial charge on any atom is 0.261 e. The highest BCUT2D eigenvalue weighted by Crippen LogP contribution is 2.34. The molecule has 3 rings (SSSR count). The Hall–Kier alpha value is -1.37. The fourth-order valence-corrected chi connectivity index (χ4v) is 3.24. The first-order valence-electron chi connectivity index (χ1n) is 5.27. The minimum absolute atomic E-state index is 0.322. The molecule has 2 N–H and O–H groups in total. The number of anilines is 1. The molecule has 0 saturated heterocycles. The highest BCUT2D eigenvalue weighted by Gasteiger charge is 2.16. The van der Waals surface area contributed by atoms with Gasteiger partial charge in [-0.2, -0.15) is 4.98 Å². The van der Waals surface area contributed by atoms with E-state index < -0.39 is 0 Å². The minimum atomic E-state index is 0.322. The third-order valence-electron chi connectivity index (χ3n) is 2.47. The number of nitrogens with two attached hydrogens (primary N) is 1. The van der Waals surface area contributed by atoms with Crippen LogP contribution in [0.15, 0.2) is 38.6 Å². The van der Waals surface area contributed by atoms with Crippen molar-refractivity contribution in [2.75, 3.05) is 5.73 Å². The van der Waals surface area contributed by atoms with Gasteiger partial charge in [-0.15, -0.1) is 11.3 Å². The summed E-state index contributed by atoms with van der Waals surface area (Å²) in [6.45, 7) is 0. The zero-order valence-electron chi connectivity index (χ0n) is 9.43. The Bertz CT molecular complexity index is 720. The number of hydrogen-bond acceptors (Lipinski definition) is 5. The molecule has 4 nitrogen and oxygen atoms in total. The molecule has 0 fully saturated rings. The van der Waals surface area contributed by atoms with Crippen molar-refractivity contribution in [1.82, 2.24) is 10.1 Å². The van der Waals surface area contributed by atoms with E-state index >= 15 is 0 Å². The lowest BCUT2D eigenvalue weighted by atomic mass is 10.2. The number of rotatable bonds is 2. The first-order valence-corrected chi connectivity index (χ1v) is 7.32. The molecule has 0 atom stereocenters. The second kappa shape index (κ2) is 4.96. The molecule has 3 aromatic rings. The van der Waals surface area contributed by atoms with Crippen LogP contribution in [-0.2, 0) is 0 Å². The summed E-state index contributed by atoms with van der Waals surface area (Å²) in [5.74, 6) is 0.840. The van der Waals surface area contributed by atoms with Crippen LogP contribution in [0.1, 0.15) is 0 Å². The molecule has 7 heteroatoms. The van der Waals surface area contributed by atoms with Gasteiger partial charge < -0.3 is 10.3 Å². The fourth-order valence-electron chi connectivity index (χ4n) is 1.62. The van der Waals surface area contributed by atoms with Gasteiger partial charge in [-0.3, -0.25) is 0 Å². The normalized spacial score (nSPS) is 10.8. The molecule has 96 valence electrons. The van der Waals surface area contributed by atoms with Gasteiger partial charge in [0, 0.05) is 15.5 Å². The van der Waals surface area contributed by atoms with Crippen LogP contribution in [0.2, 0.25) is 5.02 Å². The molecule has 2 heterocycles. The lowest BCUT2D eigenvalue weighted by Crippen LogP contribution is -1.90. The van der Waals surface area contributed by atoms with Crippen LogP contribution in [-0.4, -0.2) is 10.1 Å². The van der Waals surface area contributed by atoms with Crippen molar-refractivity contribution in [2.45, 2.75) is 0 Å². The molecule has 1 aromatic carbocycles. The van der Waals surface area contributed by atoms with E-state index in [0.29, 0.717) is 28.0 Å². The molecule has 0 aliphatic heterocycles. The Morgan fingerprint density at radius 2 is 2.21 bits per heavy atom. The van der Waals surface area contributed by atoms with Crippen molar-refractivity contribution >= 4 is 44.6 Å². The van der Waals surface area contributed by atoms with E-state index in [1.807, 2.05) is 11.4 Å². The topological polar surface area (TPSA) is 64.9 Å². The van der Waals surface area contributed by atoms with Crippen molar-refractivity contribution < 1.29 is 4.52 Å². The van der Waals surface area contributed by atoms with Gasteiger partial charge >= 0.3 is 0 Å². The number of hydrogen-bond donors (Lipinski definition) is 1. The fraction of sp³-hybridized carbons (Fsp3) is 0. The van der Waals surface area contributed by atoms with Gasteiger partial charge in [-0.05, 0) is 34.1 Å². The SMILES string of the molecule is Nc1cccc(Cl)c1-c1nc(-c2cc(Br)cs2)no1. The molecule has 0 aliphatic rings. The summed E-state index contributed by atoms with van der Waals surface area (Å²) >= 11 is 11.0. The van der Waals surface area contributed by atoms with Crippen molar-refractivity contribution in [2.24, 2.45) is 0 Å². The van der Waals surface area contributed by atoms with E-state index in [0.717, 1.165) is 9.35 Å². The van der Waals surface area contributed by atoms with Crippen molar-refractivity contribution in [3.63, 3.8) is 0 Å². The monoisotopic (exact) mass is 355 g/mol. The molecular weight excluding hydrogens is 350 g/mol. The molecule has 0 amide bonds. The standard InChI is InChI=1S/C12H7BrClN3OS/c13-6-4-9(19-5-6)11-16-12(18-17-11)10-7(14)2-1-3-8(10)15/h1-5H,15H2. The highest BCUT2D eigenvalue weighted by molar-refractivity contribution is 9.10. The lowest BCUT2D eigenvalue weighted by Gasteiger charge is -2.01. The molecule has 0 radical (unpaired) electrons. The molecule has 2 aromatic heterocycles. The highest BCUT2D eigenvalue weighted by atomic mass is 79.9. The molecule has 0 unspecified atom stereocenters. The van der Waals surface area contributed by atoms with E-state index in [9.17, 15) is 0 Å². The predicted molar refractivity (Wildman–Crippen MR) is 80.2 cm³/mol. The number of thiophene rings is 1.